The Bertz CT molecular complexity index is 484. The molecule has 2 amide bonds. The van der Waals surface area contributed by atoms with Crippen LogP contribution >= 0.6 is 11.8 Å². The number of thioether (sulfide) groups is 1. The molecule has 1 saturated heterocycles. The van der Waals surface area contributed by atoms with Crippen LogP contribution in [0.5, 0.6) is 0 Å². The van der Waals surface area contributed by atoms with Crippen molar-refractivity contribution >= 4 is 17.8 Å². The average molecular weight is 308 g/mol. The minimum atomic E-state index is 0.0685. The molecule has 2 aliphatic heterocycles. The molecular formula is C15H24N4OS. The number of nitrogens with one attached hydrogen (secondary N) is 1. The zero-order valence-corrected chi connectivity index (χ0v) is 13.4. The molecule has 2 atom stereocenters. The molecule has 0 radical (unpaired) electrons. The van der Waals surface area contributed by atoms with E-state index in [4.69, 9.17) is 0 Å². The third-order valence-corrected chi connectivity index (χ3v) is 5.81. The number of fused-ring (bicyclic) bond motifs is 1. The van der Waals surface area contributed by atoms with Crippen molar-refractivity contribution in [2.75, 3.05) is 25.9 Å². The average Bonchev–Trinajstić information content (AvgIpc) is 3.15. The molecule has 0 aromatic carbocycles. The Balaban J connectivity index is 1.43. The molecule has 21 heavy (non-hydrogen) atoms. The molecule has 2 unspecified atom stereocenters. The predicted molar refractivity (Wildman–Crippen MR) is 85.5 cm³/mol. The molecule has 0 aliphatic carbocycles. The summed E-state index contributed by atoms with van der Waals surface area (Å²) in [6.45, 7) is 2.61. The van der Waals surface area contributed by atoms with Gasteiger partial charge in [0.1, 0.15) is 5.82 Å². The van der Waals surface area contributed by atoms with Gasteiger partial charge in [0.2, 0.25) is 0 Å². The number of carbonyl (C=O) groups excluding carboxylic acids is 1. The zero-order chi connectivity index (χ0) is 14.7. The predicted octanol–water partition coefficient (Wildman–Crippen LogP) is 1.98. The van der Waals surface area contributed by atoms with Crippen LogP contribution in [0, 0.1) is 5.92 Å². The third kappa shape index (κ3) is 3.73. The highest BCUT2D eigenvalue weighted by Crippen LogP contribution is 2.25. The number of imidazole rings is 1. The van der Waals surface area contributed by atoms with Crippen molar-refractivity contribution in [1.29, 1.82) is 0 Å². The Labute approximate surface area is 130 Å². The van der Waals surface area contributed by atoms with Crippen LogP contribution in [0.25, 0.3) is 0 Å². The van der Waals surface area contributed by atoms with Gasteiger partial charge in [0.05, 0.1) is 0 Å². The first-order valence-corrected chi connectivity index (χ1v) is 8.88. The van der Waals surface area contributed by atoms with E-state index < -0.39 is 0 Å². The van der Waals surface area contributed by atoms with Gasteiger partial charge in [-0.15, -0.1) is 0 Å². The molecule has 2 aliphatic rings. The second kappa shape index (κ2) is 6.73. The highest BCUT2D eigenvalue weighted by molar-refractivity contribution is 8.00. The summed E-state index contributed by atoms with van der Waals surface area (Å²) in [6.07, 6.45) is 8.57. The van der Waals surface area contributed by atoms with E-state index in [-0.39, 0.29) is 6.03 Å². The van der Waals surface area contributed by atoms with Gasteiger partial charge in [-0.05, 0) is 30.9 Å². The maximum atomic E-state index is 12.2. The van der Waals surface area contributed by atoms with E-state index in [1.165, 1.54) is 24.4 Å². The number of aromatic nitrogens is 2. The Kier molecular flexibility index (Phi) is 4.73. The summed E-state index contributed by atoms with van der Waals surface area (Å²) in [5, 5.41) is 3.69. The van der Waals surface area contributed by atoms with Gasteiger partial charge in [0, 0.05) is 50.7 Å². The molecular weight excluding hydrogens is 284 g/mol. The Morgan fingerprint density at radius 2 is 2.48 bits per heavy atom. The van der Waals surface area contributed by atoms with Crippen molar-refractivity contribution in [1.82, 2.24) is 19.8 Å². The summed E-state index contributed by atoms with van der Waals surface area (Å²) in [5.74, 6) is 2.95. The smallest absolute Gasteiger partial charge is 0.317 e. The van der Waals surface area contributed by atoms with Crippen molar-refractivity contribution in [2.24, 2.45) is 5.92 Å². The Morgan fingerprint density at radius 3 is 3.29 bits per heavy atom. The molecule has 116 valence electrons. The van der Waals surface area contributed by atoms with Gasteiger partial charge < -0.3 is 14.8 Å². The normalized spacial score (nSPS) is 24.6. The molecule has 5 nitrogen and oxygen atoms in total. The first-order chi connectivity index (χ1) is 10.2. The number of amides is 2. The molecule has 3 heterocycles. The van der Waals surface area contributed by atoms with Gasteiger partial charge in [0.15, 0.2) is 0 Å². The molecule has 0 spiro atoms. The highest BCUT2D eigenvalue weighted by Gasteiger charge is 2.22. The van der Waals surface area contributed by atoms with Crippen molar-refractivity contribution in [3.8, 4) is 0 Å². The number of urea groups is 1. The maximum absolute atomic E-state index is 12.2. The van der Waals surface area contributed by atoms with Gasteiger partial charge in [0.25, 0.3) is 0 Å². The number of hydrogen-bond donors (Lipinski definition) is 1. The number of rotatable bonds is 4. The Hall–Kier alpha value is -1.17. The summed E-state index contributed by atoms with van der Waals surface area (Å²) >= 11 is 1.98. The summed E-state index contributed by atoms with van der Waals surface area (Å²) in [7, 11) is 1.90. The fraction of sp³-hybridized carbons (Fsp3) is 0.733. The van der Waals surface area contributed by atoms with Crippen LogP contribution in [0.4, 0.5) is 4.79 Å². The van der Waals surface area contributed by atoms with E-state index >= 15 is 0 Å². The van der Waals surface area contributed by atoms with Gasteiger partial charge in [-0.2, -0.15) is 11.8 Å². The summed E-state index contributed by atoms with van der Waals surface area (Å²) in [4.78, 5) is 18.3. The van der Waals surface area contributed by atoms with Crippen LogP contribution < -0.4 is 5.32 Å². The van der Waals surface area contributed by atoms with Crippen molar-refractivity contribution in [3.63, 3.8) is 0 Å². The van der Waals surface area contributed by atoms with Crippen LogP contribution in [-0.2, 0) is 13.0 Å². The van der Waals surface area contributed by atoms with Crippen LogP contribution in [-0.4, -0.2) is 51.6 Å². The molecule has 1 fully saturated rings. The number of hydrogen-bond acceptors (Lipinski definition) is 3. The SMILES string of the molecule is CN(CC1CCc2nccn2C1)C(=O)NCC1CCCS1. The van der Waals surface area contributed by atoms with E-state index in [1.807, 2.05) is 36.1 Å². The summed E-state index contributed by atoms with van der Waals surface area (Å²) in [5.41, 5.74) is 0. The molecule has 0 saturated carbocycles. The van der Waals surface area contributed by atoms with E-state index in [9.17, 15) is 4.79 Å². The fourth-order valence-corrected chi connectivity index (χ4v) is 4.40. The fourth-order valence-electron chi connectivity index (χ4n) is 3.20. The lowest BCUT2D eigenvalue weighted by molar-refractivity contribution is 0.192. The van der Waals surface area contributed by atoms with E-state index in [0.717, 1.165) is 32.5 Å². The minimum absolute atomic E-state index is 0.0685. The van der Waals surface area contributed by atoms with Crippen LogP contribution in [0.15, 0.2) is 12.4 Å². The molecule has 6 heteroatoms. The lowest BCUT2D eigenvalue weighted by Crippen LogP contribution is -2.43. The topological polar surface area (TPSA) is 50.2 Å². The van der Waals surface area contributed by atoms with Crippen LogP contribution in [0.3, 0.4) is 0 Å². The van der Waals surface area contributed by atoms with Gasteiger partial charge in [-0.25, -0.2) is 9.78 Å². The lowest BCUT2D eigenvalue weighted by atomic mass is 9.99. The van der Waals surface area contributed by atoms with Crippen molar-refractivity contribution < 1.29 is 4.79 Å². The summed E-state index contributed by atoms with van der Waals surface area (Å²) < 4.78 is 2.22. The second-order valence-electron chi connectivity index (χ2n) is 6.10. The largest absolute Gasteiger partial charge is 0.337 e. The molecule has 1 aromatic heterocycles. The quantitative estimate of drug-likeness (QED) is 0.925. The van der Waals surface area contributed by atoms with Crippen molar-refractivity contribution in [3.05, 3.63) is 18.2 Å². The zero-order valence-electron chi connectivity index (χ0n) is 12.6. The van der Waals surface area contributed by atoms with Gasteiger partial charge in [-0.3, -0.25) is 0 Å². The standard InChI is InChI=1S/C15H24N4OS/c1-18(15(20)17-9-13-3-2-8-21-13)10-12-4-5-14-16-6-7-19(14)11-12/h6-7,12-13H,2-5,8-11H2,1H3,(H,17,20). The van der Waals surface area contributed by atoms with E-state index in [1.54, 1.807) is 0 Å². The van der Waals surface area contributed by atoms with Gasteiger partial charge in [-0.1, -0.05) is 0 Å². The van der Waals surface area contributed by atoms with E-state index in [2.05, 4.69) is 14.9 Å². The highest BCUT2D eigenvalue weighted by atomic mass is 32.2. The monoisotopic (exact) mass is 308 g/mol. The number of carbonyl (C=O) groups is 1. The van der Waals surface area contributed by atoms with Crippen LogP contribution in [0.1, 0.15) is 25.1 Å². The maximum Gasteiger partial charge on any atom is 0.317 e. The first kappa shape index (κ1) is 14.8. The molecule has 3 rings (SSSR count). The first-order valence-electron chi connectivity index (χ1n) is 7.83. The molecule has 1 N–H and O–H groups in total. The van der Waals surface area contributed by atoms with E-state index in [0.29, 0.717) is 11.2 Å². The number of aryl methyl sites for hydroxylation is 1. The van der Waals surface area contributed by atoms with Crippen molar-refractivity contribution in [2.45, 2.75) is 37.5 Å². The molecule has 0 bridgehead atoms. The minimum Gasteiger partial charge on any atom is -0.337 e. The van der Waals surface area contributed by atoms with Gasteiger partial charge >= 0.3 is 6.03 Å². The number of nitrogens with zero attached hydrogens (tertiary/aromatic N) is 3. The Morgan fingerprint density at radius 1 is 1.57 bits per heavy atom. The second-order valence-corrected chi connectivity index (χ2v) is 7.51. The molecule has 1 aromatic rings. The lowest BCUT2D eigenvalue weighted by Gasteiger charge is -2.28. The third-order valence-electron chi connectivity index (χ3n) is 4.42. The summed E-state index contributed by atoms with van der Waals surface area (Å²) in [6, 6.07) is 0.0685. The van der Waals surface area contributed by atoms with Crippen LogP contribution in [0.2, 0.25) is 0 Å².